The van der Waals surface area contributed by atoms with Crippen molar-refractivity contribution < 1.29 is 8.42 Å². The minimum absolute atomic E-state index is 0.0200. The maximum absolute atomic E-state index is 11.6. The number of nitrogens with two attached hydrogens (primary N) is 1. The van der Waals surface area contributed by atoms with Gasteiger partial charge in [-0.3, -0.25) is 0 Å². The summed E-state index contributed by atoms with van der Waals surface area (Å²) in [5.41, 5.74) is 7.03. The largest absolute Gasteiger partial charge is 0.324 e. The number of hydrogen-bond acceptors (Lipinski definition) is 3. The summed E-state index contributed by atoms with van der Waals surface area (Å²) in [6.07, 6.45) is 0.903. The summed E-state index contributed by atoms with van der Waals surface area (Å²) >= 11 is 0. The molecule has 17 heavy (non-hydrogen) atoms. The number of benzene rings is 1. The lowest BCUT2D eigenvalue weighted by atomic mass is 9.98. The van der Waals surface area contributed by atoms with Crippen LogP contribution in [0.4, 0.5) is 0 Å². The molecule has 0 heterocycles. The van der Waals surface area contributed by atoms with Crippen LogP contribution < -0.4 is 5.73 Å². The summed E-state index contributed by atoms with van der Waals surface area (Å²) in [6, 6.07) is 6.90. The van der Waals surface area contributed by atoms with Gasteiger partial charge in [-0.15, -0.1) is 0 Å². The van der Waals surface area contributed by atoms with E-state index >= 15 is 0 Å². The predicted molar refractivity (Wildman–Crippen MR) is 70.6 cm³/mol. The van der Waals surface area contributed by atoms with Crippen LogP contribution in [0.3, 0.4) is 0 Å². The van der Waals surface area contributed by atoms with E-state index < -0.39 is 9.84 Å². The third-order valence-corrected chi connectivity index (χ3v) is 4.52. The van der Waals surface area contributed by atoms with Crippen LogP contribution in [-0.4, -0.2) is 14.2 Å². The number of rotatable bonds is 5. The molecule has 0 saturated heterocycles. The molecular formula is C13H21NO2S. The van der Waals surface area contributed by atoms with E-state index in [1.54, 1.807) is 19.1 Å². The Morgan fingerprint density at radius 3 is 2.12 bits per heavy atom. The first-order valence-corrected chi connectivity index (χ1v) is 7.60. The highest BCUT2D eigenvalue weighted by molar-refractivity contribution is 7.91. The van der Waals surface area contributed by atoms with Crippen LogP contribution in [0.5, 0.6) is 0 Å². The molecule has 4 heteroatoms. The Morgan fingerprint density at radius 2 is 1.71 bits per heavy atom. The van der Waals surface area contributed by atoms with E-state index in [4.69, 9.17) is 5.73 Å². The van der Waals surface area contributed by atoms with E-state index in [-0.39, 0.29) is 11.8 Å². The molecule has 0 aliphatic carbocycles. The molecule has 0 amide bonds. The fourth-order valence-corrected chi connectivity index (χ4v) is 2.62. The maximum atomic E-state index is 11.6. The van der Waals surface area contributed by atoms with Crippen LogP contribution >= 0.6 is 0 Å². The normalized spacial score (nSPS) is 13.9. The molecule has 1 atom stereocenters. The lowest BCUT2D eigenvalue weighted by Gasteiger charge is -2.14. The molecule has 0 aliphatic rings. The van der Waals surface area contributed by atoms with Crippen molar-refractivity contribution in [2.24, 2.45) is 11.7 Å². The molecule has 2 N–H and O–H groups in total. The smallest absolute Gasteiger partial charge is 0.178 e. The van der Waals surface area contributed by atoms with Crippen LogP contribution in [0.1, 0.15) is 38.8 Å². The summed E-state index contributed by atoms with van der Waals surface area (Å²) in [6.45, 7) is 5.89. The van der Waals surface area contributed by atoms with Crippen molar-refractivity contribution in [3.63, 3.8) is 0 Å². The van der Waals surface area contributed by atoms with Crippen LogP contribution in [0, 0.1) is 5.92 Å². The Labute approximate surface area is 104 Å². The Kier molecular flexibility index (Phi) is 4.71. The first kappa shape index (κ1) is 14.2. The zero-order valence-electron chi connectivity index (χ0n) is 10.7. The highest BCUT2D eigenvalue weighted by Gasteiger charge is 2.13. The molecule has 3 nitrogen and oxygen atoms in total. The van der Waals surface area contributed by atoms with Crippen molar-refractivity contribution in [1.82, 2.24) is 0 Å². The Balaban J connectivity index is 2.89. The van der Waals surface area contributed by atoms with Gasteiger partial charge in [0.05, 0.1) is 10.6 Å². The van der Waals surface area contributed by atoms with Crippen molar-refractivity contribution in [2.45, 2.75) is 38.1 Å². The van der Waals surface area contributed by atoms with Crippen LogP contribution in [0.15, 0.2) is 29.2 Å². The molecule has 1 unspecified atom stereocenters. The van der Waals surface area contributed by atoms with Gasteiger partial charge in [0.15, 0.2) is 9.84 Å². The van der Waals surface area contributed by atoms with Gasteiger partial charge in [-0.25, -0.2) is 8.42 Å². The molecule has 1 aromatic rings. The van der Waals surface area contributed by atoms with Gasteiger partial charge in [-0.2, -0.15) is 0 Å². The summed E-state index contributed by atoms with van der Waals surface area (Å²) in [5.74, 6) is 0.661. The van der Waals surface area contributed by atoms with Gasteiger partial charge in [0, 0.05) is 6.04 Å². The standard InChI is InChI=1S/C13H21NO2S/c1-4-17(15,16)12-7-5-11(6-8-12)13(14)9-10(2)3/h5-8,10,13H,4,9,14H2,1-3H3. The lowest BCUT2D eigenvalue weighted by molar-refractivity contribution is 0.510. The monoisotopic (exact) mass is 255 g/mol. The molecular weight excluding hydrogens is 234 g/mol. The SMILES string of the molecule is CCS(=O)(=O)c1ccc(C(N)CC(C)C)cc1. The van der Waals surface area contributed by atoms with Crippen molar-refractivity contribution >= 4 is 9.84 Å². The Hall–Kier alpha value is -0.870. The zero-order valence-corrected chi connectivity index (χ0v) is 11.5. The third kappa shape index (κ3) is 3.82. The molecule has 0 radical (unpaired) electrons. The third-order valence-electron chi connectivity index (χ3n) is 2.77. The summed E-state index contributed by atoms with van der Waals surface area (Å²) < 4.78 is 23.3. The Bertz CT molecular complexity index is 449. The minimum atomic E-state index is -3.10. The minimum Gasteiger partial charge on any atom is -0.324 e. The van der Waals surface area contributed by atoms with Gasteiger partial charge in [-0.1, -0.05) is 32.9 Å². The second kappa shape index (κ2) is 5.65. The second-order valence-corrected chi connectivity index (χ2v) is 6.99. The molecule has 0 aliphatic heterocycles. The first-order chi connectivity index (χ1) is 7.86. The Morgan fingerprint density at radius 1 is 1.18 bits per heavy atom. The van der Waals surface area contributed by atoms with E-state index in [2.05, 4.69) is 13.8 Å². The average molecular weight is 255 g/mol. The van der Waals surface area contributed by atoms with Crippen molar-refractivity contribution in [3.8, 4) is 0 Å². The van der Waals surface area contributed by atoms with Crippen molar-refractivity contribution in [1.29, 1.82) is 0 Å². The van der Waals surface area contributed by atoms with Gasteiger partial charge < -0.3 is 5.73 Å². The summed E-state index contributed by atoms with van der Waals surface area (Å²) in [5, 5.41) is 0. The molecule has 1 aromatic carbocycles. The molecule has 0 spiro atoms. The average Bonchev–Trinajstić information content (AvgIpc) is 2.28. The molecule has 0 fully saturated rings. The predicted octanol–water partition coefficient (Wildman–Crippen LogP) is 2.53. The van der Waals surface area contributed by atoms with Crippen molar-refractivity contribution in [3.05, 3.63) is 29.8 Å². The molecule has 1 rings (SSSR count). The molecule has 96 valence electrons. The molecule has 0 saturated carbocycles. The summed E-state index contributed by atoms with van der Waals surface area (Å²) in [7, 11) is -3.10. The fourth-order valence-electron chi connectivity index (χ4n) is 1.73. The van der Waals surface area contributed by atoms with E-state index in [0.29, 0.717) is 10.8 Å². The van der Waals surface area contributed by atoms with Crippen molar-refractivity contribution in [2.75, 3.05) is 5.75 Å². The van der Waals surface area contributed by atoms with E-state index in [1.165, 1.54) is 0 Å². The zero-order chi connectivity index (χ0) is 13.1. The first-order valence-electron chi connectivity index (χ1n) is 5.95. The van der Waals surface area contributed by atoms with E-state index in [9.17, 15) is 8.42 Å². The lowest BCUT2D eigenvalue weighted by Crippen LogP contribution is -2.13. The van der Waals surface area contributed by atoms with E-state index in [0.717, 1.165) is 12.0 Å². The van der Waals surface area contributed by atoms with Crippen LogP contribution in [0.2, 0.25) is 0 Å². The quantitative estimate of drug-likeness (QED) is 0.879. The van der Waals surface area contributed by atoms with Crippen LogP contribution in [-0.2, 0) is 9.84 Å². The highest BCUT2D eigenvalue weighted by atomic mass is 32.2. The number of hydrogen-bond donors (Lipinski definition) is 1. The topological polar surface area (TPSA) is 60.2 Å². The van der Waals surface area contributed by atoms with Crippen LogP contribution in [0.25, 0.3) is 0 Å². The van der Waals surface area contributed by atoms with E-state index in [1.807, 2.05) is 12.1 Å². The summed E-state index contributed by atoms with van der Waals surface area (Å²) in [4.78, 5) is 0.375. The van der Waals surface area contributed by atoms with Gasteiger partial charge >= 0.3 is 0 Å². The maximum Gasteiger partial charge on any atom is 0.178 e. The van der Waals surface area contributed by atoms with Gasteiger partial charge in [-0.05, 0) is 30.0 Å². The second-order valence-electron chi connectivity index (χ2n) is 4.71. The van der Waals surface area contributed by atoms with Gasteiger partial charge in [0.25, 0.3) is 0 Å². The van der Waals surface area contributed by atoms with Gasteiger partial charge in [0.2, 0.25) is 0 Å². The fraction of sp³-hybridized carbons (Fsp3) is 0.538. The highest BCUT2D eigenvalue weighted by Crippen LogP contribution is 2.20. The molecule has 0 aromatic heterocycles. The number of sulfone groups is 1. The van der Waals surface area contributed by atoms with Gasteiger partial charge in [0.1, 0.15) is 0 Å². The molecule has 0 bridgehead atoms.